The SMILES string of the molecule is CCCCCCCCC/C=C\CCCCCCCCCC(=O)OCCCCCCCCCCCCCCCCCCCCCCCCCC(=O)NC(CO)C(O)CCCCCCCCCCC. The maximum absolute atomic E-state index is 12.4. The highest BCUT2D eigenvalue weighted by atomic mass is 16.5. The standard InChI is InChI=1S/C61H119NO5/c1-3-5-7-9-11-13-14-15-16-17-26-29-32-35-39-43-47-51-55-61(66)67-56-52-48-44-40-36-33-30-27-24-22-20-18-19-21-23-25-28-31-34-38-42-46-50-54-60(65)62-58(57-63)59(64)53-49-45-41-37-12-10-8-6-4-2/h16-17,58-59,63-64H,3-15,18-57H2,1-2H3,(H,62,65)/b17-16-. The predicted octanol–water partition coefficient (Wildman–Crippen LogP) is 18.9. The summed E-state index contributed by atoms with van der Waals surface area (Å²) in [5, 5.41) is 23.1. The van der Waals surface area contributed by atoms with Crippen LogP contribution in [0.4, 0.5) is 0 Å². The van der Waals surface area contributed by atoms with Crippen molar-refractivity contribution in [2.75, 3.05) is 13.2 Å². The number of carbonyl (C=O) groups excluding carboxylic acids is 2. The molecule has 0 saturated heterocycles. The maximum Gasteiger partial charge on any atom is 0.305 e. The molecular weight excluding hydrogens is 827 g/mol. The van der Waals surface area contributed by atoms with Crippen LogP contribution in [-0.2, 0) is 14.3 Å². The Bertz CT molecular complexity index is 1000. The van der Waals surface area contributed by atoms with Gasteiger partial charge in [0.1, 0.15) is 0 Å². The van der Waals surface area contributed by atoms with Crippen LogP contribution in [0.15, 0.2) is 12.2 Å². The molecule has 0 aliphatic rings. The van der Waals surface area contributed by atoms with Gasteiger partial charge in [0.15, 0.2) is 0 Å². The largest absolute Gasteiger partial charge is 0.466 e. The first kappa shape index (κ1) is 65.6. The van der Waals surface area contributed by atoms with E-state index in [1.165, 1.54) is 263 Å². The first-order valence-corrected chi connectivity index (χ1v) is 30.4. The molecule has 0 heterocycles. The lowest BCUT2D eigenvalue weighted by Gasteiger charge is -2.22. The van der Waals surface area contributed by atoms with Crippen molar-refractivity contribution in [1.82, 2.24) is 5.32 Å². The zero-order valence-electron chi connectivity index (χ0n) is 45.4. The van der Waals surface area contributed by atoms with Crippen LogP contribution in [0.3, 0.4) is 0 Å². The van der Waals surface area contributed by atoms with Gasteiger partial charge in [-0.15, -0.1) is 0 Å². The third-order valence-corrected chi connectivity index (χ3v) is 14.3. The van der Waals surface area contributed by atoms with Crippen LogP contribution >= 0.6 is 0 Å². The molecule has 6 nitrogen and oxygen atoms in total. The Balaban J connectivity index is 3.32. The van der Waals surface area contributed by atoms with Gasteiger partial charge < -0.3 is 20.3 Å². The van der Waals surface area contributed by atoms with E-state index in [1.54, 1.807) is 0 Å². The summed E-state index contributed by atoms with van der Waals surface area (Å²) in [6, 6.07) is -0.538. The summed E-state index contributed by atoms with van der Waals surface area (Å²) in [4.78, 5) is 24.5. The molecule has 0 spiro atoms. The van der Waals surface area contributed by atoms with Crippen LogP contribution < -0.4 is 5.32 Å². The summed E-state index contributed by atoms with van der Waals surface area (Å²) >= 11 is 0. The molecule has 0 aromatic carbocycles. The highest BCUT2D eigenvalue weighted by Crippen LogP contribution is 2.18. The van der Waals surface area contributed by atoms with Gasteiger partial charge >= 0.3 is 5.97 Å². The van der Waals surface area contributed by atoms with Gasteiger partial charge in [-0.3, -0.25) is 9.59 Å². The Morgan fingerprint density at radius 2 is 0.701 bits per heavy atom. The van der Waals surface area contributed by atoms with Crippen molar-refractivity contribution in [2.45, 2.75) is 353 Å². The molecule has 0 aromatic rings. The van der Waals surface area contributed by atoms with Crippen LogP contribution in [0.5, 0.6) is 0 Å². The van der Waals surface area contributed by atoms with E-state index in [0.717, 1.165) is 44.9 Å². The van der Waals surface area contributed by atoms with Crippen molar-refractivity contribution < 1.29 is 24.5 Å². The second-order valence-corrected chi connectivity index (χ2v) is 21.0. The fraction of sp³-hybridized carbons (Fsp3) is 0.934. The number of rotatable bonds is 57. The second kappa shape index (κ2) is 57.2. The normalized spacial score (nSPS) is 12.6. The number of aliphatic hydroxyl groups excluding tert-OH is 2. The topological polar surface area (TPSA) is 95.9 Å². The molecule has 0 bridgehead atoms. The number of aliphatic hydroxyl groups is 2. The molecule has 67 heavy (non-hydrogen) atoms. The Labute approximate surface area is 419 Å². The van der Waals surface area contributed by atoms with Crippen LogP contribution in [0, 0.1) is 0 Å². The fourth-order valence-electron chi connectivity index (χ4n) is 9.64. The van der Waals surface area contributed by atoms with Crippen LogP contribution in [0.1, 0.15) is 341 Å². The summed E-state index contributed by atoms with van der Waals surface area (Å²) in [5.41, 5.74) is 0. The number of amides is 1. The number of carbonyl (C=O) groups is 2. The molecule has 1 amide bonds. The van der Waals surface area contributed by atoms with Gasteiger partial charge in [-0.2, -0.15) is 0 Å². The van der Waals surface area contributed by atoms with Crippen molar-refractivity contribution in [3.63, 3.8) is 0 Å². The molecule has 2 unspecified atom stereocenters. The first-order chi connectivity index (χ1) is 33.0. The lowest BCUT2D eigenvalue weighted by atomic mass is 10.0. The molecule has 398 valence electrons. The van der Waals surface area contributed by atoms with Crippen molar-refractivity contribution in [3.05, 3.63) is 12.2 Å². The lowest BCUT2D eigenvalue weighted by molar-refractivity contribution is -0.143. The Morgan fingerprint density at radius 1 is 0.403 bits per heavy atom. The number of hydrogen-bond acceptors (Lipinski definition) is 5. The lowest BCUT2D eigenvalue weighted by Crippen LogP contribution is -2.45. The number of hydrogen-bond donors (Lipinski definition) is 3. The molecule has 0 rings (SSSR count). The maximum atomic E-state index is 12.4. The minimum absolute atomic E-state index is 0.0119. The first-order valence-electron chi connectivity index (χ1n) is 30.4. The Kier molecular flexibility index (Phi) is 56.0. The van der Waals surface area contributed by atoms with Gasteiger partial charge in [0, 0.05) is 12.8 Å². The van der Waals surface area contributed by atoms with E-state index in [2.05, 4.69) is 31.3 Å². The monoisotopic (exact) mass is 946 g/mol. The molecule has 0 aliphatic carbocycles. The van der Waals surface area contributed by atoms with E-state index >= 15 is 0 Å². The summed E-state index contributed by atoms with van der Waals surface area (Å²) in [6.07, 6.45) is 68.0. The quantitative estimate of drug-likeness (QED) is 0.0321. The third kappa shape index (κ3) is 53.8. The van der Waals surface area contributed by atoms with Crippen molar-refractivity contribution in [3.8, 4) is 0 Å². The van der Waals surface area contributed by atoms with Crippen molar-refractivity contribution in [2.24, 2.45) is 0 Å². The average molecular weight is 947 g/mol. The average Bonchev–Trinajstić information content (AvgIpc) is 3.33. The molecule has 0 aromatic heterocycles. The molecule has 0 saturated carbocycles. The molecule has 2 atom stereocenters. The molecular formula is C61H119NO5. The van der Waals surface area contributed by atoms with Crippen LogP contribution in [-0.4, -0.2) is 47.4 Å². The van der Waals surface area contributed by atoms with Gasteiger partial charge in [0.25, 0.3) is 0 Å². The van der Waals surface area contributed by atoms with Crippen LogP contribution in [0.2, 0.25) is 0 Å². The zero-order chi connectivity index (χ0) is 48.6. The second-order valence-electron chi connectivity index (χ2n) is 21.0. The van der Waals surface area contributed by atoms with Gasteiger partial charge in [0.05, 0.1) is 25.4 Å². The fourth-order valence-corrected chi connectivity index (χ4v) is 9.64. The van der Waals surface area contributed by atoms with Gasteiger partial charge in [-0.25, -0.2) is 0 Å². The predicted molar refractivity (Wildman–Crippen MR) is 292 cm³/mol. The smallest absolute Gasteiger partial charge is 0.305 e. The summed E-state index contributed by atoms with van der Waals surface area (Å²) in [7, 11) is 0. The van der Waals surface area contributed by atoms with E-state index in [9.17, 15) is 19.8 Å². The van der Waals surface area contributed by atoms with E-state index in [0.29, 0.717) is 25.9 Å². The van der Waals surface area contributed by atoms with E-state index < -0.39 is 12.1 Å². The molecule has 0 radical (unpaired) electrons. The number of unbranched alkanes of at least 4 members (excludes halogenated alkanes) is 44. The van der Waals surface area contributed by atoms with Gasteiger partial charge in [-0.05, 0) is 51.4 Å². The molecule has 0 fully saturated rings. The summed E-state index contributed by atoms with van der Waals surface area (Å²) < 4.78 is 5.50. The molecule has 0 aliphatic heterocycles. The highest BCUT2D eigenvalue weighted by molar-refractivity contribution is 5.76. The van der Waals surface area contributed by atoms with Crippen LogP contribution in [0.25, 0.3) is 0 Å². The van der Waals surface area contributed by atoms with E-state index in [1.807, 2.05) is 0 Å². The van der Waals surface area contributed by atoms with Crippen molar-refractivity contribution >= 4 is 11.9 Å². The third-order valence-electron chi connectivity index (χ3n) is 14.3. The summed E-state index contributed by atoms with van der Waals surface area (Å²) in [6.45, 7) is 4.95. The highest BCUT2D eigenvalue weighted by Gasteiger charge is 2.20. The minimum Gasteiger partial charge on any atom is -0.466 e. The van der Waals surface area contributed by atoms with Gasteiger partial charge in [0.2, 0.25) is 5.91 Å². The summed E-state index contributed by atoms with van der Waals surface area (Å²) in [5.74, 6) is -0.0237. The van der Waals surface area contributed by atoms with Gasteiger partial charge in [-0.1, -0.05) is 289 Å². The number of ether oxygens (including phenoxy) is 1. The molecule has 3 N–H and O–H groups in total. The number of nitrogens with one attached hydrogen (secondary N) is 1. The number of esters is 1. The Hall–Kier alpha value is -1.40. The Morgan fingerprint density at radius 3 is 1.06 bits per heavy atom. The minimum atomic E-state index is -0.661. The van der Waals surface area contributed by atoms with E-state index in [-0.39, 0.29) is 18.5 Å². The zero-order valence-corrected chi connectivity index (χ0v) is 45.4. The van der Waals surface area contributed by atoms with E-state index in [4.69, 9.17) is 4.74 Å². The van der Waals surface area contributed by atoms with Crippen molar-refractivity contribution in [1.29, 1.82) is 0 Å². The number of allylic oxidation sites excluding steroid dienone is 2. The molecule has 6 heteroatoms.